The van der Waals surface area contributed by atoms with Crippen molar-refractivity contribution in [2.75, 3.05) is 13.7 Å². The van der Waals surface area contributed by atoms with Gasteiger partial charge in [0.15, 0.2) is 5.96 Å². The number of nitrogens with one attached hydrogen (secondary N) is 2. The number of ether oxygens (including phenoxy) is 1. The number of guanidine groups is 1. The molecule has 0 saturated carbocycles. The zero-order valence-electron chi connectivity index (χ0n) is 16.4. The molecule has 0 fully saturated rings. The van der Waals surface area contributed by atoms with Gasteiger partial charge < -0.3 is 20.5 Å². The molecule has 2 aromatic carbocycles. The van der Waals surface area contributed by atoms with Gasteiger partial charge in [0.05, 0.1) is 25.3 Å². The number of aliphatic imine (C=N–C) groups is 1. The van der Waals surface area contributed by atoms with Gasteiger partial charge in [0, 0.05) is 12.1 Å². The normalized spacial score (nSPS) is 12.7. The van der Waals surface area contributed by atoms with Gasteiger partial charge >= 0.3 is 6.18 Å². The van der Waals surface area contributed by atoms with Crippen LogP contribution in [0, 0.1) is 0 Å². The van der Waals surface area contributed by atoms with Crippen molar-refractivity contribution in [2.45, 2.75) is 32.6 Å². The molecular formula is C20H25F3IN3O2. The summed E-state index contributed by atoms with van der Waals surface area (Å²) in [5, 5.41) is 16.1. The summed E-state index contributed by atoms with van der Waals surface area (Å²) in [6, 6.07) is 9.62. The summed E-state index contributed by atoms with van der Waals surface area (Å²) in [6.07, 6.45) is -4.39. The van der Waals surface area contributed by atoms with Gasteiger partial charge in [-0.05, 0) is 49.7 Å². The molecule has 2 aromatic rings. The molecule has 1 atom stereocenters. The molecule has 0 aliphatic heterocycles. The van der Waals surface area contributed by atoms with Gasteiger partial charge in [-0.15, -0.1) is 24.0 Å². The van der Waals surface area contributed by atoms with E-state index in [0.717, 1.165) is 12.1 Å². The Hall–Kier alpha value is -2.17. The maximum Gasteiger partial charge on any atom is 0.416 e. The molecule has 9 heteroatoms. The lowest BCUT2D eigenvalue weighted by atomic mass is 10.1. The fourth-order valence-corrected chi connectivity index (χ4v) is 2.57. The number of phenols is 1. The molecule has 0 heterocycles. The number of aromatic hydroxyl groups is 1. The second-order valence-electron chi connectivity index (χ2n) is 6.18. The monoisotopic (exact) mass is 523 g/mol. The highest BCUT2D eigenvalue weighted by Gasteiger charge is 2.30. The molecular weight excluding hydrogens is 498 g/mol. The predicted octanol–water partition coefficient (Wildman–Crippen LogP) is 4.85. The number of hydrogen-bond acceptors (Lipinski definition) is 3. The topological polar surface area (TPSA) is 65.9 Å². The van der Waals surface area contributed by atoms with Crippen LogP contribution in [0.25, 0.3) is 0 Å². The van der Waals surface area contributed by atoms with E-state index in [1.54, 1.807) is 25.1 Å². The second kappa shape index (κ2) is 11.1. The van der Waals surface area contributed by atoms with Crippen molar-refractivity contribution in [1.29, 1.82) is 0 Å². The maximum atomic E-state index is 12.9. The third kappa shape index (κ3) is 7.30. The zero-order chi connectivity index (χ0) is 20.7. The van der Waals surface area contributed by atoms with Crippen molar-refractivity contribution in [3.05, 3.63) is 59.2 Å². The van der Waals surface area contributed by atoms with E-state index in [4.69, 9.17) is 4.74 Å². The molecule has 0 saturated heterocycles. The number of phenolic OH excluding ortho intramolecular Hbond substituents is 1. The fourth-order valence-electron chi connectivity index (χ4n) is 2.57. The largest absolute Gasteiger partial charge is 0.508 e. The minimum atomic E-state index is -4.39. The Morgan fingerprint density at radius 1 is 1.21 bits per heavy atom. The summed E-state index contributed by atoms with van der Waals surface area (Å²) >= 11 is 0. The molecule has 0 aliphatic carbocycles. The van der Waals surface area contributed by atoms with E-state index in [-0.39, 0.29) is 36.3 Å². The molecule has 2 rings (SSSR count). The number of halogens is 4. The molecule has 3 N–H and O–H groups in total. The van der Waals surface area contributed by atoms with Crippen LogP contribution in [0.15, 0.2) is 47.5 Å². The number of hydrogen-bond donors (Lipinski definition) is 3. The van der Waals surface area contributed by atoms with Gasteiger partial charge in [-0.25, -0.2) is 4.99 Å². The summed E-state index contributed by atoms with van der Waals surface area (Å²) in [4.78, 5) is 4.41. The summed E-state index contributed by atoms with van der Waals surface area (Å²) in [5.74, 6) is 1.11. The van der Waals surface area contributed by atoms with Crippen LogP contribution in [0.2, 0.25) is 0 Å². The first-order valence-corrected chi connectivity index (χ1v) is 8.82. The van der Waals surface area contributed by atoms with Gasteiger partial charge in [0.1, 0.15) is 11.5 Å². The molecule has 160 valence electrons. The van der Waals surface area contributed by atoms with Gasteiger partial charge in [0.2, 0.25) is 0 Å². The first-order valence-electron chi connectivity index (χ1n) is 8.82. The molecule has 0 aromatic heterocycles. The minimum Gasteiger partial charge on any atom is -0.508 e. The van der Waals surface area contributed by atoms with E-state index in [9.17, 15) is 18.3 Å². The molecule has 1 unspecified atom stereocenters. The SMILES string of the molecule is CCNC(=NCc1cc(OC)ccc1O)NC(C)c1cccc(C(F)(F)F)c1.I. The van der Waals surface area contributed by atoms with Crippen LogP contribution in [0.3, 0.4) is 0 Å². The van der Waals surface area contributed by atoms with Gasteiger partial charge in [0.25, 0.3) is 0 Å². The van der Waals surface area contributed by atoms with Crippen LogP contribution in [-0.2, 0) is 12.7 Å². The third-order valence-electron chi connectivity index (χ3n) is 4.11. The van der Waals surface area contributed by atoms with Crippen LogP contribution in [0.1, 0.15) is 36.6 Å². The summed E-state index contributed by atoms with van der Waals surface area (Å²) in [7, 11) is 1.53. The van der Waals surface area contributed by atoms with Crippen LogP contribution in [0.4, 0.5) is 13.2 Å². The lowest BCUT2D eigenvalue weighted by Gasteiger charge is -2.19. The van der Waals surface area contributed by atoms with Crippen molar-refractivity contribution in [2.24, 2.45) is 4.99 Å². The van der Waals surface area contributed by atoms with Gasteiger partial charge in [-0.2, -0.15) is 13.2 Å². The van der Waals surface area contributed by atoms with Gasteiger partial charge in [-0.1, -0.05) is 12.1 Å². The van der Waals surface area contributed by atoms with E-state index >= 15 is 0 Å². The lowest BCUT2D eigenvalue weighted by Crippen LogP contribution is -2.38. The van der Waals surface area contributed by atoms with Crippen molar-refractivity contribution in [1.82, 2.24) is 10.6 Å². The summed E-state index contributed by atoms with van der Waals surface area (Å²) in [6.45, 7) is 4.39. The maximum absolute atomic E-state index is 12.9. The number of methoxy groups -OCH3 is 1. The molecule has 29 heavy (non-hydrogen) atoms. The summed E-state index contributed by atoms with van der Waals surface area (Å²) in [5.41, 5.74) is 0.370. The molecule has 0 bridgehead atoms. The van der Waals surface area contributed by atoms with Crippen LogP contribution in [-0.4, -0.2) is 24.7 Å². The minimum absolute atomic E-state index is 0. The smallest absolute Gasteiger partial charge is 0.416 e. The Morgan fingerprint density at radius 2 is 1.93 bits per heavy atom. The predicted molar refractivity (Wildman–Crippen MR) is 118 cm³/mol. The van der Waals surface area contributed by atoms with Crippen molar-refractivity contribution >= 4 is 29.9 Å². The average molecular weight is 523 g/mol. The van der Waals surface area contributed by atoms with Crippen LogP contribution in [0.5, 0.6) is 11.5 Å². The Labute approximate surface area is 185 Å². The summed E-state index contributed by atoms with van der Waals surface area (Å²) < 4.78 is 43.9. The Bertz CT molecular complexity index is 829. The highest BCUT2D eigenvalue weighted by atomic mass is 127. The van der Waals surface area contributed by atoms with E-state index < -0.39 is 17.8 Å². The fraction of sp³-hybridized carbons (Fsp3) is 0.350. The van der Waals surface area contributed by atoms with E-state index in [1.807, 2.05) is 6.92 Å². The highest BCUT2D eigenvalue weighted by Crippen LogP contribution is 2.30. The molecule has 0 aliphatic rings. The van der Waals surface area contributed by atoms with Crippen molar-refractivity contribution in [3.8, 4) is 11.5 Å². The standard InChI is InChI=1S/C20H24F3N3O2.HI/c1-4-24-19(25-12-15-11-17(28-3)8-9-18(15)27)26-13(2)14-6-5-7-16(10-14)20(21,22)23;/h5-11,13,27H,4,12H2,1-3H3,(H2,24,25,26);1H. The molecule has 5 nitrogen and oxygen atoms in total. The molecule has 0 amide bonds. The number of alkyl halides is 3. The van der Waals surface area contributed by atoms with Crippen molar-refractivity contribution in [3.63, 3.8) is 0 Å². The van der Waals surface area contributed by atoms with Gasteiger partial charge in [-0.3, -0.25) is 0 Å². The first kappa shape index (κ1) is 24.9. The van der Waals surface area contributed by atoms with E-state index in [2.05, 4.69) is 15.6 Å². The molecule has 0 radical (unpaired) electrons. The third-order valence-corrected chi connectivity index (χ3v) is 4.11. The molecule has 0 spiro atoms. The zero-order valence-corrected chi connectivity index (χ0v) is 18.7. The quantitative estimate of drug-likeness (QED) is 0.288. The highest BCUT2D eigenvalue weighted by molar-refractivity contribution is 14.0. The van der Waals surface area contributed by atoms with Crippen LogP contribution < -0.4 is 15.4 Å². The Morgan fingerprint density at radius 3 is 2.55 bits per heavy atom. The number of nitrogens with zero attached hydrogens (tertiary/aromatic N) is 1. The van der Waals surface area contributed by atoms with Crippen molar-refractivity contribution < 1.29 is 23.0 Å². The number of benzene rings is 2. The average Bonchev–Trinajstić information content (AvgIpc) is 2.66. The lowest BCUT2D eigenvalue weighted by molar-refractivity contribution is -0.137. The van der Waals surface area contributed by atoms with E-state index in [1.165, 1.54) is 19.2 Å². The van der Waals surface area contributed by atoms with E-state index in [0.29, 0.717) is 29.4 Å². The number of rotatable bonds is 6. The Balaban J connectivity index is 0.00000420. The van der Waals surface area contributed by atoms with Crippen LogP contribution >= 0.6 is 24.0 Å². The first-order chi connectivity index (χ1) is 13.2. The Kier molecular flexibility index (Phi) is 9.54. The second-order valence-corrected chi connectivity index (χ2v) is 6.18.